The molecule has 14 heavy (non-hydrogen) atoms. The minimum absolute atomic E-state index is 0.851. The molecule has 0 radical (unpaired) electrons. The minimum Gasteiger partial charge on any atom is -0.544 e. The highest BCUT2D eigenvalue weighted by molar-refractivity contribution is 6.73. The Morgan fingerprint density at radius 2 is 1.64 bits per heavy atom. The normalized spacial score (nSPS) is 12.0. The van der Waals surface area contributed by atoms with Crippen molar-refractivity contribution in [3.05, 3.63) is 24.5 Å². The molecule has 0 aliphatic carbocycles. The third kappa shape index (κ3) is 4.14. The van der Waals surface area contributed by atoms with Crippen LogP contribution in [0.15, 0.2) is 24.5 Å². The summed E-state index contributed by atoms with van der Waals surface area (Å²) >= 11 is 0. The molecule has 0 atom stereocenters. The molecule has 82 valence electrons. The van der Waals surface area contributed by atoms with Gasteiger partial charge in [-0.1, -0.05) is 40.3 Å². The quantitative estimate of drug-likeness (QED) is 0.343. The summed E-state index contributed by atoms with van der Waals surface area (Å²) < 4.78 is 6.05. The summed E-state index contributed by atoms with van der Waals surface area (Å²) in [6.45, 7) is 12.8. The molecule has 1 nitrogen and oxygen atoms in total. The number of allylic oxidation sites excluding steroid dienone is 2. The van der Waals surface area contributed by atoms with Crippen molar-refractivity contribution in [2.45, 2.75) is 52.2 Å². The molecule has 0 saturated heterocycles. The third-order valence-corrected chi connectivity index (χ3v) is 7.38. The standard InChI is InChI=1S/C12H24OSi/c1-6-10-11-12(5)13-14(7-2,8-3)9-4/h10-11H,5-9H2,1-4H3/b11-10+. The molecule has 0 aliphatic rings. The maximum absolute atomic E-state index is 6.05. The smallest absolute Gasteiger partial charge is 0.250 e. The predicted octanol–water partition coefficient (Wildman–Crippen LogP) is 4.49. The highest BCUT2D eigenvalue weighted by Gasteiger charge is 2.30. The van der Waals surface area contributed by atoms with Crippen molar-refractivity contribution >= 4 is 8.32 Å². The first kappa shape index (κ1) is 13.5. The Morgan fingerprint density at radius 3 is 2.00 bits per heavy atom. The largest absolute Gasteiger partial charge is 0.544 e. The van der Waals surface area contributed by atoms with Gasteiger partial charge in [0.25, 0.3) is 0 Å². The maximum atomic E-state index is 6.05. The van der Waals surface area contributed by atoms with Crippen molar-refractivity contribution in [1.82, 2.24) is 0 Å². The Hall–Kier alpha value is -0.503. The average molecular weight is 212 g/mol. The van der Waals surface area contributed by atoms with Gasteiger partial charge in [0, 0.05) is 0 Å². The van der Waals surface area contributed by atoms with Crippen LogP contribution >= 0.6 is 0 Å². The van der Waals surface area contributed by atoms with Gasteiger partial charge in [0.15, 0.2) is 0 Å². The van der Waals surface area contributed by atoms with E-state index in [1.54, 1.807) is 0 Å². The van der Waals surface area contributed by atoms with E-state index < -0.39 is 8.32 Å². The fourth-order valence-corrected chi connectivity index (χ4v) is 4.09. The molecule has 0 aliphatic heterocycles. The molecule has 0 fully saturated rings. The molecule has 0 amide bonds. The third-order valence-electron chi connectivity index (χ3n) is 2.82. The number of hydrogen-bond acceptors (Lipinski definition) is 1. The van der Waals surface area contributed by atoms with Crippen molar-refractivity contribution in [2.24, 2.45) is 0 Å². The first-order valence-electron chi connectivity index (χ1n) is 5.68. The molecule has 0 aromatic heterocycles. The lowest BCUT2D eigenvalue weighted by atomic mass is 10.4. The summed E-state index contributed by atoms with van der Waals surface area (Å²) in [6, 6.07) is 3.54. The zero-order chi connectivity index (χ0) is 11.0. The van der Waals surface area contributed by atoms with E-state index >= 15 is 0 Å². The van der Waals surface area contributed by atoms with Crippen LogP contribution in [0, 0.1) is 0 Å². The molecule has 0 N–H and O–H groups in total. The van der Waals surface area contributed by atoms with Gasteiger partial charge < -0.3 is 4.43 Å². The van der Waals surface area contributed by atoms with Crippen molar-refractivity contribution in [3.8, 4) is 0 Å². The maximum Gasteiger partial charge on any atom is 0.250 e. The topological polar surface area (TPSA) is 9.23 Å². The van der Waals surface area contributed by atoms with E-state index in [1.807, 2.05) is 6.08 Å². The van der Waals surface area contributed by atoms with Crippen LogP contribution in [0.2, 0.25) is 18.1 Å². The molecule has 0 aromatic rings. The summed E-state index contributed by atoms with van der Waals surface area (Å²) in [5, 5.41) is 0. The lowest BCUT2D eigenvalue weighted by Crippen LogP contribution is -2.34. The lowest BCUT2D eigenvalue weighted by molar-refractivity contribution is 0.425. The Bertz CT molecular complexity index is 184. The molecule has 0 rings (SSSR count). The van der Waals surface area contributed by atoms with E-state index in [9.17, 15) is 0 Å². The Kier molecular flexibility index (Phi) is 6.63. The Balaban J connectivity index is 4.29. The van der Waals surface area contributed by atoms with Gasteiger partial charge in [-0.15, -0.1) is 0 Å². The van der Waals surface area contributed by atoms with Gasteiger partial charge in [0.2, 0.25) is 8.32 Å². The van der Waals surface area contributed by atoms with Crippen molar-refractivity contribution in [2.75, 3.05) is 0 Å². The SMILES string of the molecule is C=C(/C=C/CC)O[Si](CC)(CC)CC. The van der Waals surface area contributed by atoms with E-state index in [-0.39, 0.29) is 0 Å². The molecule has 0 heterocycles. The average Bonchev–Trinajstić information content (AvgIpc) is 2.23. The summed E-state index contributed by atoms with van der Waals surface area (Å²) in [7, 11) is -1.48. The molecular weight excluding hydrogens is 188 g/mol. The monoisotopic (exact) mass is 212 g/mol. The van der Waals surface area contributed by atoms with Crippen LogP contribution in [0.5, 0.6) is 0 Å². The van der Waals surface area contributed by atoms with Crippen molar-refractivity contribution < 1.29 is 4.43 Å². The first-order chi connectivity index (χ1) is 6.64. The Labute approximate surface area is 90.0 Å². The molecule has 0 aromatic carbocycles. The van der Waals surface area contributed by atoms with Gasteiger partial charge in [-0.2, -0.15) is 0 Å². The fourth-order valence-electron chi connectivity index (χ4n) is 1.53. The highest BCUT2D eigenvalue weighted by atomic mass is 28.4. The molecule has 0 bridgehead atoms. The second kappa shape index (κ2) is 6.88. The number of rotatable bonds is 7. The van der Waals surface area contributed by atoms with Crippen LogP contribution in [0.1, 0.15) is 34.1 Å². The Morgan fingerprint density at radius 1 is 1.14 bits per heavy atom. The highest BCUT2D eigenvalue weighted by Crippen LogP contribution is 2.24. The van der Waals surface area contributed by atoms with Gasteiger partial charge in [-0.05, 0) is 30.6 Å². The van der Waals surface area contributed by atoms with Crippen LogP contribution in [0.4, 0.5) is 0 Å². The molecule has 2 heteroatoms. The summed E-state index contributed by atoms with van der Waals surface area (Å²) in [5.41, 5.74) is 0. The van der Waals surface area contributed by atoms with Gasteiger partial charge >= 0.3 is 0 Å². The molecule has 0 spiro atoms. The minimum atomic E-state index is -1.48. The lowest BCUT2D eigenvalue weighted by Gasteiger charge is -2.29. The van der Waals surface area contributed by atoms with Gasteiger partial charge in [-0.25, -0.2) is 0 Å². The predicted molar refractivity (Wildman–Crippen MR) is 66.9 cm³/mol. The van der Waals surface area contributed by atoms with Crippen LogP contribution in [-0.2, 0) is 4.43 Å². The van der Waals surface area contributed by atoms with Crippen molar-refractivity contribution in [3.63, 3.8) is 0 Å². The number of hydrogen-bond donors (Lipinski definition) is 0. The van der Waals surface area contributed by atoms with E-state index in [0.717, 1.165) is 12.2 Å². The summed E-state index contributed by atoms with van der Waals surface area (Å²) in [6.07, 6.45) is 5.15. The molecule has 0 unspecified atom stereocenters. The van der Waals surface area contributed by atoms with Crippen LogP contribution in [-0.4, -0.2) is 8.32 Å². The van der Waals surface area contributed by atoms with E-state index in [4.69, 9.17) is 4.43 Å². The first-order valence-corrected chi connectivity index (χ1v) is 8.21. The van der Waals surface area contributed by atoms with Gasteiger partial charge in [-0.3, -0.25) is 0 Å². The van der Waals surface area contributed by atoms with Crippen LogP contribution in [0.3, 0.4) is 0 Å². The van der Waals surface area contributed by atoms with Crippen LogP contribution in [0.25, 0.3) is 0 Å². The van der Waals surface area contributed by atoms with Gasteiger partial charge in [0.05, 0.1) is 5.76 Å². The zero-order valence-electron chi connectivity index (χ0n) is 10.1. The molecule has 0 saturated carbocycles. The van der Waals surface area contributed by atoms with Crippen molar-refractivity contribution in [1.29, 1.82) is 0 Å². The van der Waals surface area contributed by atoms with Crippen LogP contribution < -0.4 is 0 Å². The second-order valence-electron chi connectivity index (χ2n) is 3.62. The summed E-state index contributed by atoms with van der Waals surface area (Å²) in [5.74, 6) is 0.851. The van der Waals surface area contributed by atoms with E-state index in [2.05, 4.69) is 40.3 Å². The summed E-state index contributed by atoms with van der Waals surface area (Å²) in [4.78, 5) is 0. The van der Waals surface area contributed by atoms with Gasteiger partial charge in [0.1, 0.15) is 0 Å². The molecular formula is C12H24OSi. The fraction of sp³-hybridized carbons (Fsp3) is 0.667. The second-order valence-corrected chi connectivity index (χ2v) is 8.31. The van der Waals surface area contributed by atoms with E-state index in [0.29, 0.717) is 0 Å². The van der Waals surface area contributed by atoms with E-state index in [1.165, 1.54) is 18.1 Å². The zero-order valence-corrected chi connectivity index (χ0v) is 11.1.